The zero-order valence-electron chi connectivity index (χ0n) is 16.6. The topological polar surface area (TPSA) is 135 Å². The van der Waals surface area contributed by atoms with Gasteiger partial charge in [-0.05, 0) is 25.3 Å². The maximum Gasteiger partial charge on any atom is 0.351 e. The van der Waals surface area contributed by atoms with Gasteiger partial charge in [-0.25, -0.2) is 9.88 Å². The minimum Gasteiger partial charge on any atom is -0.464 e. The van der Waals surface area contributed by atoms with Crippen molar-refractivity contribution in [2.75, 3.05) is 18.9 Å². The van der Waals surface area contributed by atoms with Crippen LogP contribution >= 0.6 is 8.18 Å². The Kier molecular flexibility index (Phi) is 8.18. The van der Waals surface area contributed by atoms with Crippen LogP contribution < -0.4 is 16.5 Å². The van der Waals surface area contributed by atoms with Crippen molar-refractivity contribution >= 4 is 20.0 Å². The molecule has 2 heterocycles. The first kappa shape index (κ1) is 22.5. The summed E-state index contributed by atoms with van der Waals surface area (Å²) in [7, 11) is -2.65. The fraction of sp³-hybridized carbons (Fsp3) is 0.706. The van der Waals surface area contributed by atoms with Gasteiger partial charge in [-0.1, -0.05) is 20.8 Å². The molecule has 1 aliphatic rings. The predicted molar refractivity (Wildman–Crippen MR) is 104 cm³/mol. The number of aromatic nitrogens is 2. The molecule has 0 aromatic carbocycles. The Balaban J connectivity index is 1.81. The van der Waals surface area contributed by atoms with Gasteiger partial charge in [0.05, 0.1) is 19.3 Å². The Hall–Kier alpha value is -1.74. The monoisotopic (exact) mass is 416 g/mol. The number of carbonyl (C=O) groups is 1. The average molecular weight is 416 g/mol. The Bertz CT molecular complexity index is 755. The molecule has 0 bridgehead atoms. The molecule has 1 aromatic rings. The van der Waals surface area contributed by atoms with Crippen molar-refractivity contribution in [2.24, 2.45) is 11.8 Å². The zero-order valence-corrected chi connectivity index (χ0v) is 17.6. The molecule has 10 nitrogen and oxygen atoms in total. The van der Waals surface area contributed by atoms with Gasteiger partial charge in [0.1, 0.15) is 18.1 Å². The number of nitrogens with two attached hydrogens (primary N) is 1. The van der Waals surface area contributed by atoms with E-state index in [2.05, 4.69) is 10.1 Å². The van der Waals surface area contributed by atoms with Crippen LogP contribution in [-0.2, 0) is 23.4 Å². The Morgan fingerprint density at radius 2 is 2.21 bits per heavy atom. The highest BCUT2D eigenvalue weighted by Gasteiger charge is 2.34. The summed E-state index contributed by atoms with van der Waals surface area (Å²) in [5.74, 6) is -0.0613. The molecular weight excluding hydrogens is 387 g/mol. The lowest BCUT2D eigenvalue weighted by Gasteiger charge is -2.18. The number of nitrogens with one attached hydrogen (secondary N) is 1. The third-order valence-electron chi connectivity index (χ3n) is 4.23. The highest BCUT2D eigenvalue weighted by molar-refractivity contribution is 7.36. The van der Waals surface area contributed by atoms with Gasteiger partial charge in [-0.2, -0.15) is 4.98 Å². The molecule has 1 unspecified atom stereocenters. The number of anilines is 1. The fourth-order valence-electron chi connectivity index (χ4n) is 2.80. The van der Waals surface area contributed by atoms with Gasteiger partial charge in [-0.15, -0.1) is 0 Å². The summed E-state index contributed by atoms with van der Waals surface area (Å²) in [6, 6.07) is 0.796. The lowest BCUT2D eigenvalue weighted by Crippen LogP contribution is -2.32. The highest BCUT2D eigenvalue weighted by Crippen LogP contribution is 2.34. The van der Waals surface area contributed by atoms with Crippen molar-refractivity contribution < 1.29 is 23.4 Å². The van der Waals surface area contributed by atoms with Gasteiger partial charge in [0.2, 0.25) is 0 Å². The second-order valence-corrected chi connectivity index (χ2v) is 8.54. The van der Waals surface area contributed by atoms with Gasteiger partial charge in [-0.3, -0.25) is 13.9 Å². The number of hydrogen-bond donors (Lipinski definition) is 2. The molecule has 0 amide bonds. The van der Waals surface area contributed by atoms with E-state index in [-0.39, 0.29) is 30.4 Å². The van der Waals surface area contributed by atoms with E-state index in [0.717, 1.165) is 0 Å². The second kappa shape index (κ2) is 10.2. The van der Waals surface area contributed by atoms with Gasteiger partial charge >= 0.3 is 11.7 Å². The molecule has 0 radical (unpaired) electrons. The smallest absolute Gasteiger partial charge is 0.351 e. The van der Waals surface area contributed by atoms with Crippen LogP contribution in [0.4, 0.5) is 5.82 Å². The number of hydrogen-bond acceptors (Lipinski definition) is 8. The maximum absolute atomic E-state index is 12.1. The van der Waals surface area contributed by atoms with Crippen LogP contribution in [0.3, 0.4) is 0 Å². The number of nitrogens with zero attached hydrogens (tertiary/aromatic N) is 2. The lowest BCUT2D eigenvalue weighted by molar-refractivity contribution is -0.146. The molecule has 1 saturated heterocycles. The van der Waals surface area contributed by atoms with Gasteiger partial charge in [0, 0.05) is 12.1 Å². The van der Waals surface area contributed by atoms with E-state index in [9.17, 15) is 14.2 Å². The van der Waals surface area contributed by atoms with Gasteiger partial charge < -0.3 is 19.7 Å². The van der Waals surface area contributed by atoms with E-state index in [4.69, 9.17) is 19.7 Å². The number of esters is 1. The number of carbonyl (C=O) groups excluding carboxylic acids is 1. The number of ether oxygens (including phenoxy) is 2. The van der Waals surface area contributed by atoms with Gasteiger partial charge in [0.15, 0.2) is 0 Å². The molecule has 2 rings (SSSR count). The number of nitrogen functional groups attached to an aromatic ring is 1. The molecule has 1 aliphatic heterocycles. The Morgan fingerprint density at radius 3 is 2.86 bits per heavy atom. The highest BCUT2D eigenvalue weighted by atomic mass is 31.1. The van der Waals surface area contributed by atoms with Crippen molar-refractivity contribution in [1.29, 1.82) is 0 Å². The van der Waals surface area contributed by atoms with Crippen LogP contribution in [0, 0.1) is 11.8 Å². The minimum absolute atomic E-state index is 0.0388. The Morgan fingerprint density at radius 1 is 1.50 bits per heavy atom. The van der Waals surface area contributed by atoms with Crippen LogP contribution in [-0.4, -0.2) is 40.9 Å². The molecule has 0 aliphatic carbocycles. The summed E-state index contributed by atoms with van der Waals surface area (Å²) < 4.78 is 29.8. The van der Waals surface area contributed by atoms with E-state index in [1.165, 1.54) is 10.6 Å². The quantitative estimate of drug-likeness (QED) is 0.451. The summed E-state index contributed by atoms with van der Waals surface area (Å²) in [4.78, 5) is 27.5. The Labute approximate surface area is 164 Å². The largest absolute Gasteiger partial charge is 0.464 e. The molecule has 158 valence electrons. The molecule has 1 aromatic heterocycles. The summed E-state index contributed by atoms with van der Waals surface area (Å²) in [5.41, 5.74) is 5.02. The van der Waals surface area contributed by atoms with E-state index < -0.39 is 32.1 Å². The molecule has 28 heavy (non-hydrogen) atoms. The van der Waals surface area contributed by atoms with Crippen molar-refractivity contribution in [1.82, 2.24) is 14.6 Å². The van der Waals surface area contributed by atoms with E-state index in [1.807, 2.05) is 20.8 Å². The van der Waals surface area contributed by atoms with Crippen molar-refractivity contribution in [3.8, 4) is 0 Å². The molecule has 0 spiro atoms. The third-order valence-corrected chi connectivity index (χ3v) is 5.32. The predicted octanol–water partition coefficient (Wildman–Crippen LogP) is 1.33. The first-order valence-corrected chi connectivity index (χ1v) is 10.6. The summed E-state index contributed by atoms with van der Waals surface area (Å²) in [6.07, 6.45) is 1.35. The molecule has 3 N–H and O–H groups in total. The maximum atomic E-state index is 12.1. The van der Waals surface area contributed by atoms with Crippen molar-refractivity contribution in [3.63, 3.8) is 0 Å². The van der Waals surface area contributed by atoms with Crippen LogP contribution in [0.5, 0.6) is 0 Å². The van der Waals surface area contributed by atoms with Crippen LogP contribution in [0.1, 0.15) is 40.3 Å². The first-order valence-electron chi connectivity index (χ1n) is 9.27. The first-order chi connectivity index (χ1) is 13.2. The molecule has 0 saturated carbocycles. The summed E-state index contributed by atoms with van der Waals surface area (Å²) in [5, 5.41) is 2.61. The van der Waals surface area contributed by atoms with Crippen LogP contribution in [0.15, 0.2) is 17.1 Å². The molecule has 11 heteroatoms. The summed E-state index contributed by atoms with van der Waals surface area (Å²) in [6.45, 7) is 7.77. The third kappa shape index (κ3) is 6.41. The van der Waals surface area contributed by atoms with E-state index >= 15 is 0 Å². The lowest BCUT2D eigenvalue weighted by atomic mass is 10.1. The SMILES string of the molecule is CC(C)COC(=O)[C@H](C)N[PH](=O)OC[C@@H]1C[C@H](C)[C@@H](n2ccc(N)nc2=O)O1. The van der Waals surface area contributed by atoms with Crippen molar-refractivity contribution in [3.05, 3.63) is 22.7 Å². The zero-order chi connectivity index (χ0) is 20.8. The number of rotatable bonds is 9. The van der Waals surface area contributed by atoms with Crippen LogP contribution in [0.2, 0.25) is 0 Å². The molecule has 1 fully saturated rings. The van der Waals surface area contributed by atoms with Crippen molar-refractivity contribution in [2.45, 2.75) is 52.5 Å². The minimum atomic E-state index is -2.65. The van der Waals surface area contributed by atoms with Gasteiger partial charge in [0.25, 0.3) is 8.18 Å². The van der Waals surface area contributed by atoms with Crippen LogP contribution in [0.25, 0.3) is 0 Å². The molecular formula is C17H29N4O6P. The normalized spacial score (nSPS) is 24.2. The van der Waals surface area contributed by atoms with E-state index in [0.29, 0.717) is 13.0 Å². The second-order valence-electron chi connectivity index (χ2n) is 7.39. The van der Waals surface area contributed by atoms with E-state index in [1.54, 1.807) is 13.1 Å². The standard InChI is InChI=1S/C17H29N4O6P/c1-10(2)8-25-16(22)12(4)20-28(24)26-9-13-7-11(3)15(27-13)21-6-5-14(18)19-17(21)23/h5-6,10-13,15,28H,7-9H2,1-4H3,(H,20,24)(H2,18,19,23)/t11-,12-,13-,15-/m0/s1. The summed E-state index contributed by atoms with van der Waals surface area (Å²) >= 11 is 0. The molecule has 5 atom stereocenters. The average Bonchev–Trinajstić information content (AvgIpc) is 2.98. The fourth-order valence-corrected chi connectivity index (χ4v) is 3.70.